The first-order valence-electron chi connectivity index (χ1n) is 5.84. The number of phenolic OH excluding ortho intramolecular Hbond substituents is 1. The molecular formula is C12H7I2N3O7. The number of nitro groups is 3. The van der Waals surface area contributed by atoms with Gasteiger partial charge in [-0.1, -0.05) is 0 Å². The number of aromatic hydroxyl groups is 1. The van der Waals surface area contributed by atoms with Gasteiger partial charge in [0, 0.05) is 24.3 Å². The van der Waals surface area contributed by atoms with Gasteiger partial charge in [-0.3, -0.25) is 30.3 Å². The molecule has 0 amide bonds. The van der Waals surface area contributed by atoms with E-state index in [0.717, 1.165) is 6.07 Å². The van der Waals surface area contributed by atoms with E-state index in [9.17, 15) is 35.4 Å². The molecule has 2 rings (SSSR count). The number of non-ortho nitro benzene ring substituents is 3. The lowest BCUT2D eigenvalue weighted by atomic mass is 10.3. The minimum absolute atomic E-state index is 0.00148. The van der Waals surface area contributed by atoms with Gasteiger partial charge in [-0.2, -0.15) is 0 Å². The fourth-order valence-corrected chi connectivity index (χ4v) is 3.11. The first-order chi connectivity index (χ1) is 11.1. The van der Waals surface area contributed by atoms with Crippen molar-refractivity contribution in [3.63, 3.8) is 0 Å². The van der Waals surface area contributed by atoms with Crippen molar-refractivity contribution in [3.8, 4) is 5.75 Å². The second kappa shape index (κ2) is 8.67. The average Bonchev–Trinajstić information content (AvgIpc) is 2.52. The van der Waals surface area contributed by atoms with Crippen LogP contribution in [0.1, 0.15) is 0 Å². The molecule has 0 unspecified atom stereocenters. The van der Waals surface area contributed by atoms with Gasteiger partial charge < -0.3 is 5.11 Å². The van der Waals surface area contributed by atoms with E-state index >= 15 is 0 Å². The lowest BCUT2D eigenvalue weighted by Crippen LogP contribution is -1.91. The molecule has 0 spiro atoms. The molecule has 0 bridgehead atoms. The summed E-state index contributed by atoms with van der Waals surface area (Å²) in [6.07, 6.45) is 0. The van der Waals surface area contributed by atoms with Crippen molar-refractivity contribution in [1.82, 2.24) is 0 Å². The summed E-state index contributed by atoms with van der Waals surface area (Å²) < 4.78 is 0.984. The zero-order chi connectivity index (χ0) is 18.4. The average molecular weight is 559 g/mol. The highest BCUT2D eigenvalue weighted by molar-refractivity contribution is 14.1. The molecule has 2 aromatic rings. The van der Waals surface area contributed by atoms with Gasteiger partial charge in [0.2, 0.25) is 0 Å². The number of rotatable bonds is 3. The molecule has 0 aliphatic heterocycles. The molecule has 0 fully saturated rings. The Kier molecular flexibility index (Phi) is 7.20. The van der Waals surface area contributed by atoms with Crippen molar-refractivity contribution in [2.75, 3.05) is 0 Å². The van der Waals surface area contributed by atoms with Gasteiger partial charge in [-0.15, -0.1) is 0 Å². The molecule has 1 N–H and O–H groups in total. The zero-order valence-corrected chi connectivity index (χ0v) is 15.8. The number of hydrogen-bond donors (Lipinski definition) is 1. The van der Waals surface area contributed by atoms with E-state index in [1.54, 1.807) is 0 Å². The molecule has 24 heavy (non-hydrogen) atoms. The Morgan fingerprint density at radius 1 is 0.750 bits per heavy atom. The first-order valence-corrected chi connectivity index (χ1v) is 8.00. The Labute approximate surface area is 161 Å². The summed E-state index contributed by atoms with van der Waals surface area (Å²) >= 11 is 3.70. The summed E-state index contributed by atoms with van der Waals surface area (Å²) in [5.41, 5.74) is -0.546. The molecule has 0 radical (unpaired) electrons. The van der Waals surface area contributed by atoms with Crippen molar-refractivity contribution in [2.24, 2.45) is 0 Å². The Balaban J connectivity index is 0.000000240. The van der Waals surface area contributed by atoms with Crippen LogP contribution in [0.4, 0.5) is 17.1 Å². The highest BCUT2D eigenvalue weighted by atomic mass is 127. The minimum Gasteiger partial charge on any atom is -0.506 e. The third-order valence-corrected chi connectivity index (χ3v) is 4.11. The van der Waals surface area contributed by atoms with E-state index in [1.807, 2.05) is 45.2 Å². The lowest BCUT2D eigenvalue weighted by molar-refractivity contribution is -0.394. The predicted molar refractivity (Wildman–Crippen MR) is 99.9 cm³/mol. The highest BCUT2D eigenvalue weighted by Gasteiger charge is 2.12. The molecule has 0 saturated carbocycles. The fourth-order valence-electron chi connectivity index (χ4n) is 1.38. The zero-order valence-electron chi connectivity index (χ0n) is 11.5. The number of hydrogen-bond acceptors (Lipinski definition) is 7. The fraction of sp³-hybridized carbons (Fsp3) is 0. The second-order valence-electron chi connectivity index (χ2n) is 4.05. The maximum Gasteiger partial charge on any atom is 0.276 e. The lowest BCUT2D eigenvalue weighted by Gasteiger charge is -1.99. The van der Waals surface area contributed by atoms with Gasteiger partial charge in [-0.25, -0.2) is 0 Å². The predicted octanol–water partition coefficient (Wildman–Crippen LogP) is 4.01. The molecule has 0 aliphatic carbocycles. The topological polar surface area (TPSA) is 150 Å². The summed E-state index contributed by atoms with van der Waals surface area (Å²) in [7, 11) is 0. The van der Waals surface area contributed by atoms with Gasteiger partial charge >= 0.3 is 0 Å². The van der Waals surface area contributed by atoms with Crippen LogP contribution in [-0.2, 0) is 0 Å². The Bertz CT molecular complexity index is 761. The second-order valence-corrected chi connectivity index (χ2v) is 6.37. The summed E-state index contributed by atoms with van der Waals surface area (Å²) in [4.78, 5) is 28.8. The Morgan fingerprint density at radius 3 is 1.46 bits per heavy atom. The standard InChI is InChI=1S/C6H3I2NO3.C6H4N2O4/c7-4-1-3(9(11)12)2-5(8)6(4)10;9-7(10)5-2-1-3-6(4-5)8(11)12/h1-2,10H;1-4H. The monoisotopic (exact) mass is 559 g/mol. The molecule has 0 atom stereocenters. The maximum absolute atomic E-state index is 10.3. The summed E-state index contributed by atoms with van der Waals surface area (Å²) in [6, 6.07) is 7.26. The van der Waals surface area contributed by atoms with Crippen LogP contribution in [0.25, 0.3) is 0 Å². The molecule has 10 nitrogen and oxygen atoms in total. The number of nitro benzene ring substituents is 3. The van der Waals surface area contributed by atoms with Gasteiger partial charge in [0.1, 0.15) is 5.75 Å². The summed E-state index contributed by atoms with van der Waals surface area (Å²) in [5.74, 6) is 0.0989. The SMILES string of the molecule is O=[N+]([O-])c1cc(I)c(O)c(I)c1.O=[N+]([O-])c1cccc([N+](=O)[O-])c1. The molecule has 0 heterocycles. The molecule has 2 aromatic carbocycles. The number of halogens is 2. The van der Waals surface area contributed by atoms with E-state index in [2.05, 4.69) is 0 Å². The molecule has 0 saturated heterocycles. The minimum atomic E-state index is -0.674. The van der Waals surface area contributed by atoms with Gasteiger partial charge in [-0.05, 0) is 51.2 Å². The van der Waals surface area contributed by atoms with Crippen molar-refractivity contribution in [3.05, 3.63) is 73.9 Å². The van der Waals surface area contributed by atoms with Crippen molar-refractivity contribution < 1.29 is 19.9 Å². The number of phenols is 1. The van der Waals surface area contributed by atoms with Crippen LogP contribution >= 0.6 is 45.2 Å². The largest absolute Gasteiger partial charge is 0.506 e. The quantitative estimate of drug-likeness (QED) is 0.339. The smallest absolute Gasteiger partial charge is 0.276 e. The van der Waals surface area contributed by atoms with Crippen LogP contribution in [0.2, 0.25) is 0 Å². The van der Waals surface area contributed by atoms with Crippen LogP contribution < -0.4 is 0 Å². The third-order valence-electron chi connectivity index (χ3n) is 2.46. The summed E-state index contributed by atoms with van der Waals surface area (Å²) in [6.45, 7) is 0. The molecule has 0 aliphatic rings. The number of nitrogens with zero attached hydrogens (tertiary/aromatic N) is 3. The van der Waals surface area contributed by atoms with E-state index in [-0.39, 0.29) is 22.8 Å². The van der Waals surface area contributed by atoms with Crippen molar-refractivity contribution in [2.45, 2.75) is 0 Å². The molecule has 126 valence electrons. The molecule has 0 aromatic heterocycles. The van der Waals surface area contributed by atoms with Gasteiger partial charge in [0.25, 0.3) is 17.1 Å². The van der Waals surface area contributed by atoms with Gasteiger partial charge in [0.15, 0.2) is 0 Å². The van der Waals surface area contributed by atoms with Crippen LogP contribution in [0, 0.1) is 37.5 Å². The van der Waals surface area contributed by atoms with Crippen LogP contribution in [0.3, 0.4) is 0 Å². The van der Waals surface area contributed by atoms with Crippen LogP contribution in [-0.4, -0.2) is 19.9 Å². The number of benzene rings is 2. The van der Waals surface area contributed by atoms with E-state index in [1.165, 1.54) is 30.3 Å². The molecule has 12 heteroatoms. The van der Waals surface area contributed by atoms with Crippen molar-refractivity contribution >= 4 is 62.2 Å². The first kappa shape index (κ1) is 19.9. The van der Waals surface area contributed by atoms with Crippen LogP contribution in [0.5, 0.6) is 5.75 Å². The van der Waals surface area contributed by atoms with Gasteiger partial charge in [0.05, 0.1) is 28.0 Å². The Hall–Kier alpha value is -2.10. The maximum atomic E-state index is 10.3. The van der Waals surface area contributed by atoms with E-state index in [0.29, 0.717) is 7.14 Å². The normalized spacial score (nSPS) is 9.58. The molecular weight excluding hydrogens is 552 g/mol. The summed E-state index contributed by atoms with van der Waals surface area (Å²) in [5, 5.41) is 39.9. The Morgan fingerprint density at radius 2 is 1.12 bits per heavy atom. The van der Waals surface area contributed by atoms with Crippen molar-refractivity contribution in [1.29, 1.82) is 0 Å². The third kappa shape index (κ3) is 5.52. The van der Waals surface area contributed by atoms with E-state index in [4.69, 9.17) is 0 Å². The highest BCUT2D eigenvalue weighted by Crippen LogP contribution is 2.30. The van der Waals surface area contributed by atoms with E-state index < -0.39 is 14.8 Å². The van der Waals surface area contributed by atoms with Crippen LogP contribution in [0.15, 0.2) is 36.4 Å².